The lowest BCUT2D eigenvalue weighted by atomic mass is 10.1. The lowest BCUT2D eigenvalue weighted by molar-refractivity contribution is -0.131. The number of hydrogen-bond acceptors (Lipinski definition) is 4. The van der Waals surface area contributed by atoms with Crippen molar-refractivity contribution in [2.75, 3.05) is 7.05 Å². The molecular weight excluding hydrogens is 242 g/mol. The van der Waals surface area contributed by atoms with Crippen molar-refractivity contribution in [1.29, 1.82) is 0 Å². The summed E-state index contributed by atoms with van der Waals surface area (Å²) in [6.07, 6.45) is 4.92. The summed E-state index contributed by atoms with van der Waals surface area (Å²) in [4.78, 5) is 13.8. The van der Waals surface area contributed by atoms with Crippen LogP contribution in [0.5, 0.6) is 0 Å². The zero-order chi connectivity index (χ0) is 13.4. The van der Waals surface area contributed by atoms with Gasteiger partial charge in [0.25, 0.3) is 0 Å². The van der Waals surface area contributed by atoms with Crippen LogP contribution in [0.3, 0.4) is 0 Å². The predicted octanol–water partition coefficient (Wildman–Crippen LogP) is 0.310. The highest BCUT2D eigenvalue weighted by Gasteiger charge is 2.30. The van der Waals surface area contributed by atoms with Gasteiger partial charge in [0.2, 0.25) is 5.91 Å². The van der Waals surface area contributed by atoms with Gasteiger partial charge in [-0.2, -0.15) is 0 Å². The Bertz CT molecular complexity index is 479. The maximum atomic E-state index is 12.1. The minimum Gasteiger partial charge on any atom is -0.338 e. The second kappa shape index (κ2) is 4.92. The van der Waals surface area contributed by atoms with Gasteiger partial charge < -0.3 is 15.2 Å². The van der Waals surface area contributed by atoms with Gasteiger partial charge in [0.05, 0.1) is 6.54 Å². The Labute approximate surface area is 113 Å². The average molecular weight is 263 g/mol. The molecule has 19 heavy (non-hydrogen) atoms. The van der Waals surface area contributed by atoms with Crippen molar-refractivity contribution in [1.82, 2.24) is 19.7 Å². The summed E-state index contributed by atoms with van der Waals surface area (Å²) in [7, 11) is 1.82. The van der Waals surface area contributed by atoms with Gasteiger partial charge >= 0.3 is 0 Å². The smallest absolute Gasteiger partial charge is 0.224 e. The Balaban J connectivity index is 1.57. The van der Waals surface area contributed by atoms with Gasteiger partial charge in [-0.3, -0.25) is 4.79 Å². The number of carbonyl (C=O) groups is 1. The van der Waals surface area contributed by atoms with Gasteiger partial charge in [0, 0.05) is 32.5 Å². The van der Waals surface area contributed by atoms with Crippen LogP contribution >= 0.6 is 0 Å². The summed E-state index contributed by atoms with van der Waals surface area (Å²) < 4.78 is 2.13. The first-order chi connectivity index (χ1) is 9.15. The van der Waals surface area contributed by atoms with Crippen molar-refractivity contribution >= 4 is 5.91 Å². The largest absolute Gasteiger partial charge is 0.338 e. The molecule has 2 N–H and O–H groups in total. The van der Waals surface area contributed by atoms with Crippen LogP contribution in [0, 0.1) is 5.92 Å². The highest BCUT2D eigenvalue weighted by atomic mass is 16.2. The Kier molecular flexibility index (Phi) is 3.26. The maximum absolute atomic E-state index is 12.1. The SMILES string of the molecule is CN(Cc1nnc2n1CCC2)C(=O)CC(N)C1CC1. The highest BCUT2D eigenvalue weighted by Crippen LogP contribution is 2.33. The van der Waals surface area contributed by atoms with Gasteiger partial charge in [-0.05, 0) is 25.2 Å². The predicted molar refractivity (Wildman–Crippen MR) is 70.1 cm³/mol. The van der Waals surface area contributed by atoms with E-state index in [0.717, 1.165) is 31.0 Å². The van der Waals surface area contributed by atoms with E-state index < -0.39 is 0 Å². The fourth-order valence-electron chi connectivity index (χ4n) is 2.68. The molecule has 1 aliphatic heterocycles. The van der Waals surface area contributed by atoms with Crippen LogP contribution in [-0.2, 0) is 24.3 Å². The Hall–Kier alpha value is -1.43. The van der Waals surface area contributed by atoms with Crippen molar-refractivity contribution in [3.8, 4) is 0 Å². The molecule has 1 amide bonds. The summed E-state index contributed by atoms with van der Waals surface area (Å²) >= 11 is 0. The van der Waals surface area contributed by atoms with E-state index in [1.807, 2.05) is 7.05 Å². The van der Waals surface area contributed by atoms with Crippen LogP contribution in [0.25, 0.3) is 0 Å². The Morgan fingerprint density at radius 2 is 2.32 bits per heavy atom. The number of rotatable bonds is 5. The summed E-state index contributed by atoms with van der Waals surface area (Å²) in [5.74, 6) is 2.61. The second-order valence-electron chi connectivity index (χ2n) is 5.74. The number of nitrogens with zero attached hydrogens (tertiary/aromatic N) is 4. The standard InChI is InChI=1S/C13H21N5O/c1-17(13(19)7-10(14)9-4-5-9)8-12-16-15-11-3-2-6-18(11)12/h9-10H,2-8,14H2,1H3. The maximum Gasteiger partial charge on any atom is 0.224 e. The lowest BCUT2D eigenvalue weighted by Crippen LogP contribution is -2.34. The first-order valence-electron chi connectivity index (χ1n) is 7.05. The lowest BCUT2D eigenvalue weighted by Gasteiger charge is -2.19. The fourth-order valence-corrected chi connectivity index (χ4v) is 2.68. The molecule has 1 fully saturated rings. The summed E-state index contributed by atoms with van der Waals surface area (Å²) in [5.41, 5.74) is 6.00. The molecule has 6 heteroatoms. The molecule has 1 unspecified atom stereocenters. The Morgan fingerprint density at radius 3 is 3.05 bits per heavy atom. The molecule has 2 aliphatic rings. The molecule has 1 aromatic rings. The number of aryl methyl sites for hydroxylation is 1. The van der Waals surface area contributed by atoms with E-state index >= 15 is 0 Å². The van der Waals surface area contributed by atoms with Gasteiger partial charge in [-0.25, -0.2) is 0 Å². The fraction of sp³-hybridized carbons (Fsp3) is 0.769. The molecule has 0 spiro atoms. The third kappa shape index (κ3) is 2.63. The average Bonchev–Trinajstić information content (AvgIpc) is 3.02. The monoisotopic (exact) mass is 263 g/mol. The summed E-state index contributed by atoms with van der Waals surface area (Å²) in [6, 6.07) is 0.0269. The second-order valence-corrected chi connectivity index (χ2v) is 5.74. The molecule has 2 heterocycles. The van der Waals surface area contributed by atoms with Gasteiger partial charge in [-0.1, -0.05) is 0 Å². The van der Waals surface area contributed by atoms with E-state index in [1.54, 1.807) is 4.90 Å². The van der Waals surface area contributed by atoms with E-state index in [1.165, 1.54) is 12.8 Å². The molecule has 0 aromatic carbocycles. The first kappa shape index (κ1) is 12.6. The van der Waals surface area contributed by atoms with Crippen LogP contribution in [0.1, 0.15) is 37.3 Å². The highest BCUT2D eigenvalue weighted by molar-refractivity contribution is 5.76. The van der Waals surface area contributed by atoms with Gasteiger partial charge in [-0.15, -0.1) is 10.2 Å². The number of amides is 1. The molecule has 0 saturated heterocycles. The van der Waals surface area contributed by atoms with E-state index in [-0.39, 0.29) is 11.9 Å². The van der Waals surface area contributed by atoms with Crippen LogP contribution < -0.4 is 5.73 Å². The van der Waals surface area contributed by atoms with Crippen LogP contribution in [0.15, 0.2) is 0 Å². The normalized spacial score (nSPS) is 19.3. The third-order valence-electron chi connectivity index (χ3n) is 4.13. The number of hydrogen-bond donors (Lipinski definition) is 1. The van der Waals surface area contributed by atoms with Gasteiger partial charge in [0.15, 0.2) is 5.82 Å². The van der Waals surface area contributed by atoms with Crippen molar-refractivity contribution in [3.63, 3.8) is 0 Å². The van der Waals surface area contributed by atoms with Gasteiger partial charge in [0.1, 0.15) is 5.82 Å². The van der Waals surface area contributed by atoms with E-state index in [9.17, 15) is 4.79 Å². The molecule has 1 saturated carbocycles. The number of nitrogens with two attached hydrogens (primary N) is 1. The first-order valence-corrected chi connectivity index (χ1v) is 7.05. The molecule has 1 atom stereocenters. The molecule has 0 bridgehead atoms. The molecule has 1 aromatic heterocycles. The minimum atomic E-state index is 0.0269. The third-order valence-corrected chi connectivity index (χ3v) is 4.13. The zero-order valence-corrected chi connectivity index (χ0v) is 11.4. The number of aromatic nitrogens is 3. The molecule has 1 aliphatic carbocycles. The molecule has 0 radical (unpaired) electrons. The van der Waals surface area contributed by atoms with Crippen LogP contribution in [0.4, 0.5) is 0 Å². The summed E-state index contributed by atoms with van der Waals surface area (Å²) in [5, 5.41) is 8.33. The molecular formula is C13H21N5O. The molecule has 3 rings (SSSR count). The quantitative estimate of drug-likeness (QED) is 0.829. The number of carbonyl (C=O) groups excluding carboxylic acids is 1. The van der Waals surface area contributed by atoms with Crippen LogP contribution in [0.2, 0.25) is 0 Å². The van der Waals surface area contributed by atoms with Crippen molar-refractivity contribution in [3.05, 3.63) is 11.6 Å². The van der Waals surface area contributed by atoms with E-state index in [2.05, 4.69) is 14.8 Å². The number of fused-ring (bicyclic) bond motifs is 1. The minimum absolute atomic E-state index is 0.0269. The van der Waals surface area contributed by atoms with E-state index in [4.69, 9.17) is 5.73 Å². The van der Waals surface area contributed by atoms with Crippen molar-refractivity contribution in [2.24, 2.45) is 11.7 Å². The van der Waals surface area contributed by atoms with Crippen LogP contribution in [-0.4, -0.2) is 38.7 Å². The molecule has 104 valence electrons. The topological polar surface area (TPSA) is 77.0 Å². The molecule has 6 nitrogen and oxygen atoms in total. The zero-order valence-electron chi connectivity index (χ0n) is 11.4. The van der Waals surface area contributed by atoms with Crippen molar-refractivity contribution in [2.45, 2.75) is 51.2 Å². The van der Waals surface area contributed by atoms with Crippen molar-refractivity contribution < 1.29 is 4.79 Å². The Morgan fingerprint density at radius 1 is 1.53 bits per heavy atom. The van der Waals surface area contributed by atoms with E-state index in [0.29, 0.717) is 18.9 Å². The summed E-state index contributed by atoms with van der Waals surface area (Å²) in [6.45, 7) is 1.50.